The lowest BCUT2D eigenvalue weighted by atomic mass is 10.1. The highest BCUT2D eigenvalue weighted by Gasteiger charge is 2.26. The number of fused-ring (bicyclic) bond motifs is 1. The van der Waals surface area contributed by atoms with Crippen molar-refractivity contribution in [1.29, 1.82) is 0 Å². The van der Waals surface area contributed by atoms with E-state index in [2.05, 4.69) is 10.4 Å². The standard InChI is InChI=1S/C26H26N4O6/c1-6-36-26(32)17-14-27-30(21-13-15(2)16-9-7-12-20(35-5)23(16)28-21)24(17)29-25(31)22-18(33-3)10-8-11-19(22)34-4/h7-14H,6H2,1-5H3,(H,29,31). The van der Waals surface area contributed by atoms with Crippen LogP contribution < -0.4 is 19.5 Å². The fraction of sp³-hybridized carbons (Fsp3) is 0.231. The van der Waals surface area contributed by atoms with Gasteiger partial charge in [0.2, 0.25) is 0 Å². The largest absolute Gasteiger partial charge is 0.496 e. The summed E-state index contributed by atoms with van der Waals surface area (Å²) in [6.07, 6.45) is 1.33. The predicted molar refractivity (Wildman–Crippen MR) is 134 cm³/mol. The van der Waals surface area contributed by atoms with Gasteiger partial charge in [-0.15, -0.1) is 0 Å². The third-order valence-electron chi connectivity index (χ3n) is 5.58. The molecule has 0 saturated heterocycles. The van der Waals surface area contributed by atoms with Crippen LogP contribution in [0.4, 0.5) is 5.82 Å². The second-order valence-electron chi connectivity index (χ2n) is 7.68. The number of para-hydroxylation sites is 1. The number of rotatable bonds is 8. The van der Waals surface area contributed by atoms with E-state index in [1.54, 1.807) is 32.2 Å². The Bertz CT molecular complexity index is 1420. The molecule has 4 rings (SSSR count). The summed E-state index contributed by atoms with van der Waals surface area (Å²) >= 11 is 0. The lowest BCUT2D eigenvalue weighted by Crippen LogP contribution is -2.20. The Labute approximate surface area is 207 Å². The first kappa shape index (κ1) is 24.5. The number of carbonyl (C=O) groups is 2. The maximum absolute atomic E-state index is 13.5. The molecule has 0 unspecified atom stereocenters. The van der Waals surface area contributed by atoms with Gasteiger partial charge in [-0.3, -0.25) is 4.79 Å². The van der Waals surface area contributed by atoms with Crippen LogP contribution in [0.25, 0.3) is 16.7 Å². The molecule has 0 aliphatic rings. The summed E-state index contributed by atoms with van der Waals surface area (Å²) in [7, 11) is 4.47. The van der Waals surface area contributed by atoms with E-state index >= 15 is 0 Å². The summed E-state index contributed by atoms with van der Waals surface area (Å²) in [6.45, 7) is 3.78. The van der Waals surface area contributed by atoms with E-state index in [1.807, 2.05) is 31.2 Å². The van der Waals surface area contributed by atoms with Gasteiger partial charge in [-0.1, -0.05) is 18.2 Å². The minimum atomic E-state index is -0.638. The lowest BCUT2D eigenvalue weighted by molar-refractivity contribution is 0.0527. The molecule has 10 heteroatoms. The van der Waals surface area contributed by atoms with Gasteiger partial charge in [0.25, 0.3) is 5.91 Å². The second kappa shape index (κ2) is 10.3. The van der Waals surface area contributed by atoms with E-state index in [0.717, 1.165) is 10.9 Å². The Morgan fingerprint density at radius 1 is 0.972 bits per heavy atom. The first-order chi connectivity index (χ1) is 17.4. The van der Waals surface area contributed by atoms with Crippen molar-refractivity contribution in [1.82, 2.24) is 14.8 Å². The molecule has 0 aliphatic heterocycles. The van der Waals surface area contributed by atoms with Crippen LogP contribution in [0.2, 0.25) is 0 Å². The van der Waals surface area contributed by atoms with Crippen molar-refractivity contribution >= 4 is 28.6 Å². The lowest BCUT2D eigenvalue weighted by Gasteiger charge is -2.15. The Kier molecular flexibility index (Phi) is 7.05. The van der Waals surface area contributed by atoms with Crippen molar-refractivity contribution < 1.29 is 28.5 Å². The quantitative estimate of drug-likeness (QED) is 0.366. The SMILES string of the molecule is CCOC(=O)c1cnn(-c2cc(C)c3cccc(OC)c3n2)c1NC(=O)c1c(OC)cccc1OC. The molecule has 4 aromatic rings. The number of pyridine rings is 1. The number of nitrogens with one attached hydrogen (secondary N) is 1. The molecule has 2 aromatic carbocycles. The zero-order chi connectivity index (χ0) is 25.8. The minimum absolute atomic E-state index is 0.0682. The molecule has 0 atom stereocenters. The molecule has 186 valence electrons. The van der Waals surface area contributed by atoms with Gasteiger partial charge in [0.15, 0.2) is 11.6 Å². The number of carbonyl (C=O) groups excluding carboxylic acids is 2. The first-order valence-corrected chi connectivity index (χ1v) is 11.2. The van der Waals surface area contributed by atoms with E-state index in [1.165, 1.54) is 25.1 Å². The monoisotopic (exact) mass is 490 g/mol. The molecule has 0 spiro atoms. The average molecular weight is 491 g/mol. The number of ether oxygens (including phenoxy) is 4. The van der Waals surface area contributed by atoms with Crippen LogP contribution in [-0.4, -0.2) is 54.6 Å². The molecule has 0 saturated carbocycles. The summed E-state index contributed by atoms with van der Waals surface area (Å²) in [5, 5.41) is 8.05. The molecule has 2 heterocycles. The molecule has 0 aliphatic carbocycles. The number of hydrogen-bond donors (Lipinski definition) is 1. The highest BCUT2D eigenvalue weighted by Crippen LogP contribution is 2.32. The molecule has 2 aromatic heterocycles. The first-order valence-electron chi connectivity index (χ1n) is 11.2. The van der Waals surface area contributed by atoms with Gasteiger partial charge >= 0.3 is 5.97 Å². The molecule has 10 nitrogen and oxygen atoms in total. The number of amides is 1. The molecule has 0 bridgehead atoms. The van der Waals surface area contributed by atoms with Crippen molar-refractivity contribution in [3.05, 3.63) is 65.4 Å². The summed E-state index contributed by atoms with van der Waals surface area (Å²) in [4.78, 5) is 30.9. The van der Waals surface area contributed by atoms with Gasteiger partial charge in [0.1, 0.15) is 33.9 Å². The summed E-state index contributed by atoms with van der Waals surface area (Å²) in [6, 6.07) is 12.4. The Morgan fingerprint density at radius 3 is 2.25 bits per heavy atom. The van der Waals surface area contributed by atoms with Crippen molar-refractivity contribution in [2.75, 3.05) is 33.3 Å². The van der Waals surface area contributed by atoms with E-state index in [0.29, 0.717) is 28.6 Å². The number of aromatic nitrogens is 3. The molecule has 36 heavy (non-hydrogen) atoms. The molecular formula is C26H26N4O6. The molecule has 0 fully saturated rings. The fourth-order valence-corrected chi connectivity index (χ4v) is 3.89. The number of benzene rings is 2. The van der Waals surface area contributed by atoms with Crippen LogP contribution in [0.5, 0.6) is 17.2 Å². The van der Waals surface area contributed by atoms with E-state index in [9.17, 15) is 9.59 Å². The number of aryl methyl sites for hydroxylation is 1. The fourth-order valence-electron chi connectivity index (χ4n) is 3.89. The van der Waals surface area contributed by atoms with Crippen molar-refractivity contribution in [3.8, 4) is 23.1 Å². The normalized spacial score (nSPS) is 10.7. The second-order valence-corrected chi connectivity index (χ2v) is 7.68. The zero-order valence-corrected chi connectivity index (χ0v) is 20.6. The molecule has 1 N–H and O–H groups in total. The van der Waals surface area contributed by atoms with Crippen LogP contribution in [0.15, 0.2) is 48.7 Å². The summed E-state index contributed by atoms with van der Waals surface area (Å²) in [5.74, 6) is 0.460. The van der Waals surface area contributed by atoms with E-state index in [-0.39, 0.29) is 23.6 Å². The maximum atomic E-state index is 13.5. The van der Waals surface area contributed by atoms with Crippen molar-refractivity contribution in [2.45, 2.75) is 13.8 Å². The smallest absolute Gasteiger partial charge is 0.343 e. The van der Waals surface area contributed by atoms with Gasteiger partial charge in [-0.25, -0.2) is 9.78 Å². The van der Waals surface area contributed by atoms with Crippen molar-refractivity contribution in [2.24, 2.45) is 0 Å². The highest BCUT2D eigenvalue weighted by molar-refractivity contribution is 6.10. The molecular weight excluding hydrogens is 464 g/mol. The summed E-state index contributed by atoms with van der Waals surface area (Å²) < 4.78 is 22.8. The van der Waals surface area contributed by atoms with Gasteiger partial charge in [0, 0.05) is 5.39 Å². The van der Waals surface area contributed by atoms with E-state index in [4.69, 9.17) is 23.9 Å². The highest BCUT2D eigenvalue weighted by atomic mass is 16.5. The Hall–Kier alpha value is -4.60. The van der Waals surface area contributed by atoms with Crippen LogP contribution in [-0.2, 0) is 4.74 Å². The number of anilines is 1. The van der Waals surface area contributed by atoms with Crippen LogP contribution >= 0.6 is 0 Å². The Balaban J connectivity index is 1.88. The van der Waals surface area contributed by atoms with Crippen LogP contribution in [0.1, 0.15) is 33.2 Å². The summed E-state index contributed by atoms with van der Waals surface area (Å²) in [5.41, 5.74) is 1.76. The molecule has 0 radical (unpaired) electrons. The number of nitrogens with zero attached hydrogens (tertiary/aromatic N) is 3. The van der Waals surface area contributed by atoms with Crippen LogP contribution in [0, 0.1) is 6.92 Å². The zero-order valence-electron chi connectivity index (χ0n) is 20.6. The number of methoxy groups -OCH3 is 3. The van der Waals surface area contributed by atoms with E-state index < -0.39 is 11.9 Å². The predicted octanol–water partition coefficient (Wildman–Crippen LogP) is 4.18. The number of hydrogen-bond acceptors (Lipinski definition) is 8. The minimum Gasteiger partial charge on any atom is -0.496 e. The Morgan fingerprint density at radius 2 is 1.61 bits per heavy atom. The maximum Gasteiger partial charge on any atom is 0.343 e. The van der Waals surface area contributed by atoms with Crippen molar-refractivity contribution in [3.63, 3.8) is 0 Å². The topological polar surface area (TPSA) is 114 Å². The van der Waals surface area contributed by atoms with Crippen LogP contribution in [0.3, 0.4) is 0 Å². The van der Waals surface area contributed by atoms with Gasteiger partial charge in [-0.2, -0.15) is 9.78 Å². The average Bonchev–Trinajstić information content (AvgIpc) is 3.31. The van der Waals surface area contributed by atoms with Gasteiger partial charge in [-0.05, 0) is 43.7 Å². The molecule has 1 amide bonds. The van der Waals surface area contributed by atoms with Gasteiger partial charge in [0.05, 0.1) is 34.1 Å². The third-order valence-corrected chi connectivity index (χ3v) is 5.58. The third kappa shape index (κ3) is 4.40. The van der Waals surface area contributed by atoms with Gasteiger partial charge < -0.3 is 24.3 Å². The number of esters is 1.